The fraction of sp³-hybridized carbons (Fsp3) is 0.429. The molecule has 2 unspecified atom stereocenters. The van der Waals surface area contributed by atoms with Crippen LogP contribution in [0.5, 0.6) is 0 Å². The van der Waals surface area contributed by atoms with Gasteiger partial charge in [0.05, 0.1) is 15.2 Å². The summed E-state index contributed by atoms with van der Waals surface area (Å²) in [5.41, 5.74) is 2.20. The molecular weight excluding hydrogens is 386 g/mol. The number of fused-ring (bicyclic) bond motifs is 2. The van der Waals surface area contributed by atoms with E-state index in [1.54, 1.807) is 24.0 Å². The summed E-state index contributed by atoms with van der Waals surface area (Å²) in [6.07, 6.45) is 6.63. The molecule has 1 saturated carbocycles. The quantitative estimate of drug-likeness (QED) is 0.724. The third-order valence-corrected chi connectivity index (χ3v) is 6.89. The molecule has 0 aromatic carbocycles. The van der Waals surface area contributed by atoms with Crippen LogP contribution >= 0.6 is 11.8 Å². The number of nitrogens with zero attached hydrogens (tertiary/aromatic N) is 3. The molecule has 1 aliphatic carbocycles. The van der Waals surface area contributed by atoms with Crippen LogP contribution in [-0.4, -0.2) is 60.4 Å². The molecule has 0 bridgehead atoms. The Morgan fingerprint density at radius 2 is 2.07 bits per heavy atom. The number of hydrogen-bond donors (Lipinski definition) is 2. The molecule has 2 aromatic heterocycles. The second-order valence-electron chi connectivity index (χ2n) is 7.71. The van der Waals surface area contributed by atoms with Gasteiger partial charge in [0, 0.05) is 43.0 Å². The largest absolute Gasteiger partial charge is 0.351 e. The summed E-state index contributed by atoms with van der Waals surface area (Å²) in [5.74, 6) is 0.0946. The molecule has 2 amide bonds. The van der Waals surface area contributed by atoms with Gasteiger partial charge in [-0.15, -0.1) is 11.8 Å². The van der Waals surface area contributed by atoms with Crippen molar-refractivity contribution in [1.29, 1.82) is 0 Å². The van der Waals surface area contributed by atoms with E-state index in [9.17, 15) is 9.59 Å². The van der Waals surface area contributed by atoms with E-state index in [0.717, 1.165) is 34.3 Å². The lowest BCUT2D eigenvalue weighted by molar-refractivity contribution is -0.116. The van der Waals surface area contributed by atoms with Crippen molar-refractivity contribution < 1.29 is 9.59 Å². The first-order valence-electron chi connectivity index (χ1n) is 9.82. The Hall–Kier alpha value is -2.45. The van der Waals surface area contributed by atoms with Gasteiger partial charge in [0.2, 0.25) is 0 Å². The van der Waals surface area contributed by atoms with Gasteiger partial charge in [0.15, 0.2) is 0 Å². The van der Waals surface area contributed by atoms with Crippen molar-refractivity contribution in [3.63, 3.8) is 0 Å². The smallest absolute Gasteiger partial charge is 0.269 e. The van der Waals surface area contributed by atoms with Gasteiger partial charge in [-0.25, -0.2) is 4.98 Å². The van der Waals surface area contributed by atoms with Gasteiger partial charge in [-0.1, -0.05) is 6.08 Å². The molecule has 0 radical (unpaired) electrons. The van der Waals surface area contributed by atoms with Crippen molar-refractivity contribution >= 4 is 34.5 Å². The standard InChI is InChI=1S/C21H25N5O2S/c1-4-23-19(27)16-6-5-13-11-22-12-15(18(13)25-16)21-10-14(21)9-17(29-21)20(28)24-7-8-26(2)3/h5-6,9,11-12,14H,4,7-8,10H2,1-3H3,(H,23,27)(H,24,28). The van der Waals surface area contributed by atoms with Gasteiger partial charge in [0.1, 0.15) is 5.69 Å². The number of carbonyl (C=O) groups is 2. The van der Waals surface area contributed by atoms with Crippen LogP contribution in [0.3, 0.4) is 0 Å². The second kappa shape index (κ2) is 7.76. The monoisotopic (exact) mass is 411 g/mol. The average molecular weight is 412 g/mol. The summed E-state index contributed by atoms with van der Waals surface area (Å²) in [4.78, 5) is 36.6. The Kier molecular flexibility index (Phi) is 5.31. The summed E-state index contributed by atoms with van der Waals surface area (Å²) < 4.78 is -0.201. The topological polar surface area (TPSA) is 87.2 Å². The Bertz CT molecular complexity index is 1010. The fourth-order valence-electron chi connectivity index (χ4n) is 3.69. The third kappa shape index (κ3) is 3.74. The number of nitrogens with one attached hydrogen (secondary N) is 2. The van der Waals surface area contributed by atoms with Crippen molar-refractivity contribution in [2.24, 2.45) is 5.92 Å². The number of likely N-dealkylation sites (N-methyl/N-ethyl adjacent to an activating group) is 1. The fourth-order valence-corrected chi connectivity index (χ4v) is 5.22. The van der Waals surface area contributed by atoms with E-state index in [4.69, 9.17) is 0 Å². The number of thioether (sulfide) groups is 1. The maximum Gasteiger partial charge on any atom is 0.269 e. The number of aromatic nitrogens is 2. The van der Waals surface area contributed by atoms with E-state index >= 15 is 0 Å². The highest BCUT2D eigenvalue weighted by Crippen LogP contribution is 2.69. The Morgan fingerprint density at radius 1 is 1.24 bits per heavy atom. The highest BCUT2D eigenvalue weighted by Gasteiger charge is 2.60. The third-order valence-electron chi connectivity index (χ3n) is 5.30. The molecule has 4 rings (SSSR count). The van der Waals surface area contributed by atoms with E-state index < -0.39 is 0 Å². The van der Waals surface area contributed by atoms with E-state index in [1.807, 2.05) is 38.2 Å². The predicted octanol–water partition coefficient (Wildman–Crippen LogP) is 1.90. The average Bonchev–Trinajstić information content (AvgIpc) is 3.27. The Morgan fingerprint density at radius 3 is 2.83 bits per heavy atom. The summed E-state index contributed by atoms with van der Waals surface area (Å²) >= 11 is 1.60. The lowest BCUT2D eigenvalue weighted by Gasteiger charge is -2.16. The van der Waals surface area contributed by atoms with Gasteiger partial charge in [-0.2, -0.15) is 0 Å². The first-order valence-corrected chi connectivity index (χ1v) is 10.6. The molecule has 3 heterocycles. The molecule has 2 N–H and O–H groups in total. The number of amides is 2. The highest BCUT2D eigenvalue weighted by atomic mass is 32.2. The molecule has 2 atom stereocenters. The number of allylic oxidation sites excluding steroid dienone is 1. The van der Waals surface area contributed by atoms with Gasteiger partial charge in [0.25, 0.3) is 11.8 Å². The maximum atomic E-state index is 12.5. The van der Waals surface area contributed by atoms with Gasteiger partial charge < -0.3 is 15.5 Å². The summed E-state index contributed by atoms with van der Waals surface area (Å²) in [6, 6.07) is 3.61. The Labute approximate surface area is 174 Å². The lowest BCUT2D eigenvalue weighted by atomic mass is 10.1. The van der Waals surface area contributed by atoms with E-state index in [0.29, 0.717) is 24.7 Å². The zero-order chi connectivity index (χ0) is 20.6. The van der Waals surface area contributed by atoms with Crippen LogP contribution in [0.1, 0.15) is 29.4 Å². The highest BCUT2D eigenvalue weighted by molar-refractivity contribution is 8.05. The summed E-state index contributed by atoms with van der Waals surface area (Å²) in [6.45, 7) is 3.86. The minimum Gasteiger partial charge on any atom is -0.351 e. The molecule has 1 fully saturated rings. The molecule has 152 valence electrons. The van der Waals surface area contributed by atoms with Crippen LogP contribution in [0.4, 0.5) is 0 Å². The second-order valence-corrected chi connectivity index (χ2v) is 9.08. The maximum absolute atomic E-state index is 12.5. The van der Waals surface area contributed by atoms with Crippen LogP contribution < -0.4 is 10.6 Å². The molecule has 0 spiro atoms. The zero-order valence-electron chi connectivity index (χ0n) is 16.9. The minimum absolute atomic E-state index is 0.0207. The summed E-state index contributed by atoms with van der Waals surface area (Å²) in [5, 5.41) is 6.69. The number of hydrogen-bond acceptors (Lipinski definition) is 6. The van der Waals surface area contributed by atoms with Crippen molar-refractivity contribution in [2.75, 3.05) is 33.7 Å². The summed E-state index contributed by atoms with van der Waals surface area (Å²) in [7, 11) is 3.96. The van der Waals surface area contributed by atoms with Crippen LogP contribution in [0.2, 0.25) is 0 Å². The normalized spacial score (nSPS) is 22.3. The first-order chi connectivity index (χ1) is 13.9. The van der Waals surface area contributed by atoms with E-state index in [1.165, 1.54) is 0 Å². The van der Waals surface area contributed by atoms with Gasteiger partial charge >= 0.3 is 0 Å². The minimum atomic E-state index is -0.201. The molecule has 2 aliphatic rings. The molecule has 29 heavy (non-hydrogen) atoms. The van der Waals surface area contributed by atoms with Crippen molar-refractivity contribution in [3.8, 4) is 0 Å². The zero-order valence-corrected chi connectivity index (χ0v) is 17.7. The van der Waals surface area contributed by atoms with Crippen molar-refractivity contribution in [2.45, 2.75) is 18.1 Å². The molecule has 7 nitrogen and oxygen atoms in total. The molecule has 1 aliphatic heterocycles. The van der Waals surface area contributed by atoms with Gasteiger partial charge in [-0.3, -0.25) is 14.6 Å². The van der Waals surface area contributed by atoms with Crippen molar-refractivity contribution in [3.05, 3.63) is 46.8 Å². The number of rotatable bonds is 7. The van der Waals surface area contributed by atoms with Crippen LogP contribution in [0, 0.1) is 5.92 Å². The molecule has 8 heteroatoms. The van der Waals surface area contributed by atoms with E-state index in [2.05, 4.69) is 26.7 Å². The Balaban J connectivity index is 1.57. The molecule has 2 aromatic rings. The van der Waals surface area contributed by atoms with Crippen LogP contribution in [0.25, 0.3) is 10.9 Å². The lowest BCUT2D eigenvalue weighted by Crippen LogP contribution is -2.31. The first kappa shape index (κ1) is 19.8. The number of carbonyl (C=O) groups excluding carboxylic acids is 2. The molecule has 0 saturated heterocycles. The van der Waals surface area contributed by atoms with Crippen LogP contribution in [-0.2, 0) is 9.54 Å². The molecular formula is C21H25N5O2S. The van der Waals surface area contributed by atoms with Gasteiger partial charge in [-0.05, 0) is 45.5 Å². The van der Waals surface area contributed by atoms with E-state index in [-0.39, 0.29) is 16.6 Å². The predicted molar refractivity (Wildman–Crippen MR) is 115 cm³/mol. The number of pyridine rings is 2. The van der Waals surface area contributed by atoms with Crippen molar-refractivity contribution in [1.82, 2.24) is 25.5 Å². The SMILES string of the molecule is CCNC(=O)c1ccc2cncc(C34CC3C=C(C(=O)NCCN(C)C)S4)c2n1. The van der Waals surface area contributed by atoms with Crippen LogP contribution in [0.15, 0.2) is 35.5 Å².